The number of allylic oxidation sites excluding steroid dienone is 1. The molecule has 0 saturated heterocycles. The molecule has 0 fully saturated rings. The molecule has 102 valence electrons. The maximum absolute atomic E-state index is 12.0. The Morgan fingerprint density at radius 2 is 1.89 bits per heavy atom. The van der Waals surface area contributed by atoms with Gasteiger partial charge in [0.25, 0.3) is 0 Å². The fraction of sp³-hybridized carbons (Fsp3) is 0.471. The van der Waals surface area contributed by atoms with E-state index < -0.39 is 0 Å². The Labute approximate surface area is 115 Å². The highest BCUT2D eigenvalue weighted by molar-refractivity contribution is 5.89. The molecule has 0 saturated carbocycles. The van der Waals surface area contributed by atoms with Crippen LogP contribution in [0.25, 0.3) is 0 Å². The lowest BCUT2D eigenvalue weighted by atomic mass is 9.87. The Hall–Kier alpha value is -1.57. The van der Waals surface area contributed by atoms with Crippen molar-refractivity contribution >= 4 is 5.97 Å². The van der Waals surface area contributed by atoms with Gasteiger partial charge in [-0.1, -0.05) is 39.0 Å². The van der Waals surface area contributed by atoms with Crippen molar-refractivity contribution in [3.8, 4) is 0 Å². The monoisotopic (exact) mass is 258 g/mol. The molecule has 0 unspecified atom stereocenters. The summed E-state index contributed by atoms with van der Waals surface area (Å²) in [6, 6.07) is 7.73. The first-order valence-corrected chi connectivity index (χ1v) is 6.95. The molecule has 0 spiro atoms. The summed E-state index contributed by atoms with van der Waals surface area (Å²) in [4.78, 5) is 12.0. The van der Waals surface area contributed by atoms with Gasteiger partial charge in [-0.25, -0.2) is 4.79 Å². The van der Waals surface area contributed by atoms with Crippen LogP contribution in [0, 0.1) is 0 Å². The van der Waals surface area contributed by atoms with E-state index in [4.69, 9.17) is 4.74 Å². The van der Waals surface area contributed by atoms with Crippen LogP contribution in [-0.4, -0.2) is 12.1 Å². The third-order valence-corrected chi connectivity index (χ3v) is 3.46. The van der Waals surface area contributed by atoms with Gasteiger partial charge in [0.2, 0.25) is 0 Å². The molecule has 1 aliphatic rings. The third-order valence-electron chi connectivity index (χ3n) is 3.46. The van der Waals surface area contributed by atoms with Crippen LogP contribution in [0.2, 0.25) is 0 Å². The minimum Gasteiger partial charge on any atom is -0.455 e. The maximum atomic E-state index is 12.0. The highest BCUT2D eigenvalue weighted by atomic mass is 16.5. The number of hydrogen-bond acceptors (Lipinski definition) is 2. The predicted molar refractivity (Wildman–Crippen MR) is 77.3 cm³/mol. The molecule has 0 bridgehead atoms. The topological polar surface area (TPSA) is 26.3 Å². The summed E-state index contributed by atoms with van der Waals surface area (Å²) < 4.78 is 5.48. The Bertz CT molecular complexity index is 463. The maximum Gasteiger partial charge on any atom is 0.338 e. The lowest BCUT2D eigenvalue weighted by molar-refractivity contribution is 0.0370. The van der Waals surface area contributed by atoms with E-state index in [0.717, 1.165) is 19.3 Å². The van der Waals surface area contributed by atoms with Crippen molar-refractivity contribution in [2.24, 2.45) is 0 Å². The first kappa shape index (κ1) is 13.9. The van der Waals surface area contributed by atoms with E-state index in [0.29, 0.717) is 5.56 Å². The molecular formula is C17H22O2. The van der Waals surface area contributed by atoms with Crippen LogP contribution in [-0.2, 0) is 10.2 Å². The van der Waals surface area contributed by atoms with Crippen molar-refractivity contribution in [2.45, 2.75) is 51.6 Å². The van der Waals surface area contributed by atoms with E-state index >= 15 is 0 Å². The van der Waals surface area contributed by atoms with Gasteiger partial charge < -0.3 is 4.74 Å². The number of carbonyl (C=O) groups excluding carboxylic acids is 1. The molecule has 0 N–H and O–H groups in total. The van der Waals surface area contributed by atoms with Crippen LogP contribution in [0.3, 0.4) is 0 Å². The first-order valence-electron chi connectivity index (χ1n) is 6.95. The smallest absolute Gasteiger partial charge is 0.338 e. The first-order chi connectivity index (χ1) is 8.97. The Kier molecular flexibility index (Phi) is 4.08. The summed E-state index contributed by atoms with van der Waals surface area (Å²) in [5.41, 5.74) is 1.96. The van der Waals surface area contributed by atoms with Gasteiger partial charge in [0.05, 0.1) is 5.56 Å². The van der Waals surface area contributed by atoms with Crippen LogP contribution in [0.1, 0.15) is 56.0 Å². The van der Waals surface area contributed by atoms with Gasteiger partial charge >= 0.3 is 5.97 Å². The molecule has 0 amide bonds. The fourth-order valence-corrected chi connectivity index (χ4v) is 2.19. The van der Waals surface area contributed by atoms with Crippen LogP contribution in [0.15, 0.2) is 36.4 Å². The van der Waals surface area contributed by atoms with Crippen LogP contribution in [0.5, 0.6) is 0 Å². The number of ether oxygens (including phenoxy) is 1. The van der Waals surface area contributed by atoms with Gasteiger partial charge in [0, 0.05) is 0 Å². The van der Waals surface area contributed by atoms with E-state index in [1.807, 2.05) is 30.3 Å². The zero-order chi connectivity index (χ0) is 13.9. The van der Waals surface area contributed by atoms with E-state index in [1.54, 1.807) is 0 Å². The summed E-state index contributed by atoms with van der Waals surface area (Å²) in [7, 11) is 0. The van der Waals surface area contributed by atoms with Crippen molar-refractivity contribution in [2.75, 3.05) is 0 Å². The predicted octanol–water partition coefficient (Wildman–Crippen LogP) is 4.25. The second-order valence-corrected chi connectivity index (χ2v) is 6.13. The van der Waals surface area contributed by atoms with Crippen molar-refractivity contribution < 1.29 is 9.53 Å². The Morgan fingerprint density at radius 1 is 1.21 bits per heavy atom. The van der Waals surface area contributed by atoms with Gasteiger partial charge in [0.15, 0.2) is 0 Å². The zero-order valence-electron chi connectivity index (χ0n) is 12.0. The quantitative estimate of drug-likeness (QED) is 0.585. The molecule has 2 rings (SSSR count). The molecule has 2 heteroatoms. The van der Waals surface area contributed by atoms with E-state index in [-0.39, 0.29) is 17.5 Å². The number of hydrogen-bond donors (Lipinski definition) is 0. The molecule has 0 aliphatic heterocycles. The van der Waals surface area contributed by atoms with Crippen LogP contribution >= 0.6 is 0 Å². The molecule has 2 nitrogen and oxygen atoms in total. The van der Waals surface area contributed by atoms with Crippen molar-refractivity contribution in [3.05, 3.63) is 47.5 Å². The van der Waals surface area contributed by atoms with Crippen molar-refractivity contribution in [3.63, 3.8) is 0 Å². The summed E-state index contributed by atoms with van der Waals surface area (Å²) in [5.74, 6) is -0.225. The van der Waals surface area contributed by atoms with Crippen LogP contribution < -0.4 is 0 Å². The lowest BCUT2D eigenvalue weighted by Crippen LogP contribution is -2.18. The average molecular weight is 258 g/mol. The highest BCUT2D eigenvalue weighted by Crippen LogP contribution is 2.23. The summed E-state index contributed by atoms with van der Waals surface area (Å²) in [5, 5.41) is 0. The molecule has 1 aliphatic carbocycles. The molecular weight excluding hydrogens is 236 g/mol. The second kappa shape index (κ2) is 5.60. The number of esters is 1. The molecule has 1 atom stereocenters. The second-order valence-electron chi connectivity index (χ2n) is 6.13. The fourth-order valence-electron chi connectivity index (χ4n) is 2.19. The van der Waals surface area contributed by atoms with Gasteiger partial charge in [0.1, 0.15) is 6.10 Å². The van der Waals surface area contributed by atoms with Gasteiger partial charge in [-0.05, 0) is 48.4 Å². The van der Waals surface area contributed by atoms with Crippen molar-refractivity contribution in [1.29, 1.82) is 0 Å². The number of rotatable bonds is 2. The third kappa shape index (κ3) is 3.69. The average Bonchev–Trinajstić information content (AvgIpc) is 2.39. The van der Waals surface area contributed by atoms with E-state index in [9.17, 15) is 4.79 Å². The normalized spacial score (nSPS) is 19.2. The zero-order valence-corrected chi connectivity index (χ0v) is 12.0. The van der Waals surface area contributed by atoms with Crippen LogP contribution in [0.4, 0.5) is 0 Å². The Balaban J connectivity index is 2.03. The standard InChI is InChI=1S/C17H22O2/c1-17(2,3)14-11-9-13(10-12-14)16(18)19-15-7-5-4-6-8-15/h5,7,9-12,15H,4,6,8H2,1-3H3/t15-/m0/s1. The molecule has 0 heterocycles. The molecule has 0 radical (unpaired) electrons. The van der Waals surface area contributed by atoms with Crippen molar-refractivity contribution in [1.82, 2.24) is 0 Å². The number of carbonyl (C=O) groups is 1. The minimum absolute atomic E-state index is 0.0523. The lowest BCUT2D eigenvalue weighted by Gasteiger charge is -2.20. The summed E-state index contributed by atoms with van der Waals surface area (Å²) in [6.45, 7) is 6.48. The molecule has 1 aromatic carbocycles. The summed E-state index contributed by atoms with van der Waals surface area (Å²) in [6.07, 6.45) is 7.15. The Morgan fingerprint density at radius 3 is 2.42 bits per heavy atom. The largest absolute Gasteiger partial charge is 0.455 e. The van der Waals surface area contributed by atoms with Gasteiger partial charge in [-0.2, -0.15) is 0 Å². The molecule has 1 aromatic rings. The van der Waals surface area contributed by atoms with Gasteiger partial charge in [-0.3, -0.25) is 0 Å². The molecule has 0 aromatic heterocycles. The number of benzene rings is 1. The SMILES string of the molecule is CC(C)(C)c1ccc(C(=O)O[C@H]2C=CCCC2)cc1. The minimum atomic E-state index is -0.225. The van der Waals surface area contributed by atoms with Gasteiger partial charge in [-0.15, -0.1) is 0 Å². The molecule has 19 heavy (non-hydrogen) atoms. The van der Waals surface area contributed by atoms with E-state index in [1.165, 1.54) is 5.56 Å². The highest BCUT2D eigenvalue weighted by Gasteiger charge is 2.17. The van der Waals surface area contributed by atoms with E-state index in [2.05, 4.69) is 26.8 Å². The summed E-state index contributed by atoms with van der Waals surface area (Å²) >= 11 is 0.